The molecule has 0 bridgehead atoms. The van der Waals surface area contributed by atoms with Crippen LogP contribution in [0.2, 0.25) is 0 Å². The van der Waals surface area contributed by atoms with E-state index in [9.17, 15) is 13.2 Å². The van der Waals surface area contributed by atoms with E-state index in [2.05, 4.69) is 19.8 Å². The van der Waals surface area contributed by atoms with Crippen LogP contribution in [0, 0.1) is 0 Å². The molecule has 2 heterocycles. The first kappa shape index (κ1) is 19.5. The zero-order chi connectivity index (χ0) is 20.6. The molecule has 3 aromatic rings. The van der Waals surface area contributed by atoms with E-state index in [1.165, 1.54) is 6.33 Å². The molecule has 0 aliphatic heterocycles. The summed E-state index contributed by atoms with van der Waals surface area (Å²) in [6.07, 6.45) is 6.13. The van der Waals surface area contributed by atoms with Gasteiger partial charge in [-0.1, -0.05) is 18.2 Å². The highest BCUT2D eigenvalue weighted by Gasteiger charge is 2.34. The smallest absolute Gasteiger partial charge is 0.254 e. The Kier molecular flexibility index (Phi) is 5.10. The van der Waals surface area contributed by atoms with Crippen molar-refractivity contribution in [2.45, 2.75) is 31.2 Å². The van der Waals surface area contributed by atoms with Gasteiger partial charge in [0.25, 0.3) is 5.56 Å². The molecule has 0 fully saturated rings. The van der Waals surface area contributed by atoms with Crippen LogP contribution in [0.4, 0.5) is 0 Å². The zero-order valence-corrected chi connectivity index (χ0v) is 17.1. The van der Waals surface area contributed by atoms with E-state index in [0.29, 0.717) is 24.8 Å². The van der Waals surface area contributed by atoms with Gasteiger partial charge in [0.2, 0.25) is 10.0 Å². The highest BCUT2D eigenvalue weighted by atomic mass is 32.2. The number of aromatic amines is 1. The molecule has 1 aliphatic carbocycles. The first-order chi connectivity index (χ1) is 13.8. The number of benzene rings is 1. The van der Waals surface area contributed by atoms with Crippen LogP contribution in [0.15, 0.2) is 47.7 Å². The van der Waals surface area contributed by atoms with Crippen molar-refractivity contribution in [3.05, 3.63) is 70.0 Å². The molecular formula is C20H23N5O3S. The summed E-state index contributed by atoms with van der Waals surface area (Å²) in [5.41, 5.74) is 3.96. The molecular weight excluding hydrogens is 390 g/mol. The number of rotatable bonds is 5. The number of hydrogen-bond donors (Lipinski definition) is 2. The van der Waals surface area contributed by atoms with E-state index in [4.69, 9.17) is 0 Å². The summed E-state index contributed by atoms with van der Waals surface area (Å²) >= 11 is 0. The van der Waals surface area contributed by atoms with Gasteiger partial charge in [-0.05, 0) is 37.0 Å². The van der Waals surface area contributed by atoms with Crippen molar-refractivity contribution < 1.29 is 8.42 Å². The zero-order valence-electron chi connectivity index (χ0n) is 16.3. The molecule has 29 heavy (non-hydrogen) atoms. The Labute approximate surface area is 169 Å². The predicted molar refractivity (Wildman–Crippen MR) is 110 cm³/mol. The van der Waals surface area contributed by atoms with E-state index >= 15 is 0 Å². The Bertz CT molecular complexity index is 1200. The van der Waals surface area contributed by atoms with Gasteiger partial charge in [0.15, 0.2) is 0 Å². The van der Waals surface area contributed by atoms with E-state index in [1.54, 1.807) is 4.68 Å². The lowest BCUT2D eigenvalue weighted by Crippen LogP contribution is -2.44. The quantitative estimate of drug-likeness (QED) is 0.656. The number of hydrogen-bond acceptors (Lipinski definition) is 5. The van der Waals surface area contributed by atoms with Crippen molar-refractivity contribution in [3.63, 3.8) is 0 Å². The van der Waals surface area contributed by atoms with Crippen LogP contribution < -0.4 is 10.3 Å². The Balaban J connectivity index is 1.72. The molecule has 0 saturated heterocycles. The number of sulfonamides is 1. The van der Waals surface area contributed by atoms with E-state index < -0.39 is 10.0 Å². The second-order valence-corrected chi connectivity index (χ2v) is 9.29. The Morgan fingerprint density at radius 1 is 1.31 bits per heavy atom. The molecule has 2 N–H and O–H groups in total. The number of aromatic nitrogens is 4. The molecule has 0 amide bonds. The fourth-order valence-electron chi connectivity index (χ4n) is 4.06. The normalized spacial score (nSPS) is 19.1. The van der Waals surface area contributed by atoms with Crippen molar-refractivity contribution in [2.24, 2.45) is 7.05 Å². The molecule has 152 valence electrons. The molecule has 0 spiro atoms. The summed E-state index contributed by atoms with van der Waals surface area (Å²) in [5, 5.41) is 4.44. The standard InChI is InChI=1S/C20H23N5O3S/c1-25-9-8-16(23-25)14-5-3-4-13(10-14)11-15-17(24-29(2,27)28)6-7-18-19(15)20(26)22-12-21-18/h3-5,8-10,12,15,17,24H,6-7,11H2,1-2H3,(H,21,22,26). The number of H-pyrrole nitrogens is 1. The van der Waals surface area contributed by atoms with Crippen molar-refractivity contribution >= 4 is 10.0 Å². The minimum absolute atomic E-state index is 0.208. The van der Waals surface area contributed by atoms with Gasteiger partial charge in [-0.2, -0.15) is 5.10 Å². The Hall–Kier alpha value is -2.78. The van der Waals surface area contributed by atoms with Crippen molar-refractivity contribution in [1.82, 2.24) is 24.5 Å². The van der Waals surface area contributed by atoms with Crippen molar-refractivity contribution in [3.8, 4) is 11.3 Å². The van der Waals surface area contributed by atoms with Gasteiger partial charge in [-0.3, -0.25) is 9.48 Å². The third-order valence-corrected chi connectivity index (χ3v) is 6.01. The van der Waals surface area contributed by atoms with Gasteiger partial charge in [0, 0.05) is 36.3 Å². The minimum Gasteiger partial charge on any atom is -0.313 e. The van der Waals surface area contributed by atoms with Crippen molar-refractivity contribution in [1.29, 1.82) is 0 Å². The summed E-state index contributed by atoms with van der Waals surface area (Å²) in [5.74, 6) is -0.301. The van der Waals surface area contributed by atoms with Gasteiger partial charge in [-0.25, -0.2) is 18.1 Å². The third kappa shape index (κ3) is 4.30. The lowest BCUT2D eigenvalue weighted by atomic mass is 9.79. The third-order valence-electron chi connectivity index (χ3n) is 5.28. The maximum atomic E-state index is 12.6. The minimum atomic E-state index is -3.41. The van der Waals surface area contributed by atoms with Gasteiger partial charge in [0.05, 0.1) is 24.0 Å². The van der Waals surface area contributed by atoms with Crippen LogP contribution in [0.25, 0.3) is 11.3 Å². The van der Waals surface area contributed by atoms with Crippen molar-refractivity contribution in [2.75, 3.05) is 6.26 Å². The summed E-state index contributed by atoms with van der Waals surface area (Å²) in [4.78, 5) is 19.5. The molecule has 2 unspecified atom stereocenters. The van der Waals surface area contributed by atoms with Crippen LogP contribution in [0.3, 0.4) is 0 Å². The average Bonchev–Trinajstić information content (AvgIpc) is 3.09. The van der Waals surface area contributed by atoms with Crippen LogP contribution in [0.5, 0.6) is 0 Å². The number of nitrogens with one attached hydrogen (secondary N) is 2. The molecule has 1 aliphatic rings. The lowest BCUT2D eigenvalue weighted by molar-refractivity contribution is 0.422. The fourth-order valence-corrected chi connectivity index (χ4v) is 4.90. The van der Waals surface area contributed by atoms with Crippen LogP contribution in [-0.4, -0.2) is 40.5 Å². The molecule has 0 radical (unpaired) electrons. The maximum absolute atomic E-state index is 12.6. The average molecular weight is 414 g/mol. The number of nitrogens with zero attached hydrogens (tertiary/aromatic N) is 3. The molecule has 2 atom stereocenters. The van der Waals surface area contributed by atoms with Gasteiger partial charge in [0.1, 0.15) is 0 Å². The Morgan fingerprint density at radius 2 is 2.14 bits per heavy atom. The second kappa shape index (κ2) is 7.57. The molecule has 4 rings (SSSR count). The number of aryl methyl sites for hydroxylation is 2. The topological polar surface area (TPSA) is 110 Å². The SMILES string of the molecule is Cn1ccc(-c2cccc(CC3c4c(nc[nH]c4=O)CCC3NS(C)(=O)=O)c2)n1. The van der Waals surface area contributed by atoms with Crippen LogP contribution in [-0.2, 0) is 29.9 Å². The molecule has 2 aromatic heterocycles. The van der Waals surface area contributed by atoms with E-state index in [-0.39, 0.29) is 17.5 Å². The summed E-state index contributed by atoms with van der Waals surface area (Å²) in [6, 6.07) is 9.55. The fraction of sp³-hybridized carbons (Fsp3) is 0.350. The first-order valence-electron chi connectivity index (χ1n) is 9.43. The molecule has 8 nitrogen and oxygen atoms in total. The highest BCUT2D eigenvalue weighted by molar-refractivity contribution is 7.88. The second-order valence-electron chi connectivity index (χ2n) is 7.51. The highest BCUT2D eigenvalue weighted by Crippen LogP contribution is 2.32. The summed E-state index contributed by atoms with van der Waals surface area (Å²) in [6.45, 7) is 0. The van der Waals surface area contributed by atoms with Gasteiger partial charge in [-0.15, -0.1) is 0 Å². The van der Waals surface area contributed by atoms with Gasteiger partial charge >= 0.3 is 0 Å². The Morgan fingerprint density at radius 3 is 2.86 bits per heavy atom. The van der Waals surface area contributed by atoms with E-state index in [1.807, 2.05) is 43.6 Å². The van der Waals surface area contributed by atoms with Crippen LogP contribution in [0.1, 0.15) is 29.2 Å². The number of fused-ring (bicyclic) bond motifs is 1. The maximum Gasteiger partial charge on any atom is 0.254 e. The molecule has 1 aromatic carbocycles. The molecule has 9 heteroatoms. The summed E-state index contributed by atoms with van der Waals surface area (Å²) in [7, 11) is -1.54. The van der Waals surface area contributed by atoms with E-state index in [0.717, 1.165) is 28.8 Å². The lowest BCUT2D eigenvalue weighted by Gasteiger charge is -2.32. The van der Waals surface area contributed by atoms with Gasteiger partial charge < -0.3 is 4.98 Å². The first-order valence-corrected chi connectivity index (χ1v) is 11.3. The monoisotopic (exact) mass is 413 g/mol. The largest absolute Gasteiger partial charge is 0.313 e. The predicted octanol–water partition coefficient (Wildman–Crippen LogP) is 1.36. The summed E-state index contributed by atoms with van der Waals surface area (Å²) < 4.78 is 28.3. The molecule has 0 saturated carbocycles. The van der Waals surface area contributed by atoms with Crippen LogP contribution >= 0.6 is 0 Å².